The number of carbonyl (C=O) groups excluding carboxylic acids is 1. The van der Waals surface area contributed by atoms with Crippen LogP contribution >= 0.6 is 0 Å². The number of nitrogens with one attached hydrogen (secondary N) is 1. The molecule has 2 fully saturated rings. The van der Waals surface area contributed by atoms with Gasteiger partial charge in [0.15, 0.2) is 0 Å². The van der Waals surface area contributed by atoms with Gasteiger partial charge in [-0.2, -0.15) is 0 Å². The van der Waals surface area contributed by atoms with Gasteiger partial charge in [0, 0.05) is 7.05 Å². The zero-order valence-corrected chi connectivity index (χ0v) is 8.31. The molecule has 0 atom stereocenters. The van der Waals surface area contributed by atoms with E-state index < -0.39 is 0 Å². The molecule has 1 heterocycles. The number of amides is 1. The molecular formula is C10H18N2O. The smallest absolute Gasteiger partial charge is 0.237 e. The lowest BCUT2D eigenvalue weighted by Crippen LogP contribution is -2.49. The van der Waals surface area contributed by atoms with Gasteiger partial charge in [0.05, 0.1) is 12.2 Å². The highest BCUT2D eigenvalue weighted by molar-refractivity contribution is 5.81. The normalized spacial score (nSPS) is 28.1. The van der Waals surface area contributed by atoms with Crippen LogP contribution in [0.15, 0.2) is 0 Å². The number of hydrogen-bond acceptors (Lipinski definition) is 2. The van der Waals surface area contributed by atoms with Crippen molar-refractivity contribution in [3.8, 4) is 0 Å². The number of hydrogen-bond donors (Lipinski definition) is 1. The van der Waals surface area contributed by atoms with Crippen molar-refractivity contribution in [2.75, 3.05) is 13.6 Å². The molecule has 0 radical (unpaired) electrons. The van der Waals surface area contributed by atoms with E-state index in [1.54, 1.807) is 0 Å². The van der Waals surface area contributed by atoms with Gasteiger partial charge in [-0.15, -0.1) is 0 Å². The molecule has 0 aromatic rings. The first-order chi connectivity index (χ1) is 6.25. The van der Waals surface area contributed by atoms with Crippen molar-refractivity contribution in [2.45, 2.75) is 44.2 Å². The molecule has 1 spiro atoms. The van der Waals surface area contributed by atoms with E-state index in [2.05, 4.69) is 5.32 Å². The van der Waals surface area contributed by atoms with Gasteiger partial charge < -0.3 is 4.90 Å². The Morgan fingerprint density at radius 2 is 1.85 bits per heavy atom. The Morgan fingerprint density at radius 1 is 1.23 bits per heavy atom. The molecular weight excluding hydrogens is 164 g/mol. The van der Waals surface area contributed by atoms with E-state index in [1.807, 2.05) is 11.9 Å². The van der Waals surface area contributed by atoms with Crippen LogP contribution in [0.3, 0.4) is 0 Å². The van der Waals surface area contributed by atoms with Crippen LogP contribution in [-0.4, -0.2) is 30.1 Å². The van der Waals surface area contributed by atoms with Gasteiger partial charge in [-0.05, 0) is 25.7 Å². The minimum atomic E-state index is 0.0214. The molecule has 1 amide bonds. The Morgan fingerprint density at radius 3 is 2.31 bits per heavy atom. The predicted molar refractivity (Wildman–Crippen MR) is 51.2 cm³/mol. The van der Waals surface area contributed by atoms with Crippen molar-refractivity contribution in [3.05, 3.63) is 0 Å². The SMILES string of the molecule is CN1C(=O)CNC12CCCCCC2. The summed E-state index contributed by atoms with van der Waals surface area (Å²) >= 11 is 0. The van der Waals surface area contributed by atoms with Crippen LogP contribution in [0.2, 0.25) is 0 Å². The first kappa shape index (κ1) is 9.00. The fourth-order valence-electron chi connectivity index (χ4n) is 2.54. The number of likely N-dealkylation sites (N-methyl/N-ethyl adjacent to an activating group) is 1. The Hall–Kier alpha value is -0.570. The standard InChI is InChI=1S/C10H18N2O/c1-12-9(13)8-11-10(12)6-4-2-3-5-7-10/h11H,2-8H2,1H3. The molecule has 74 valence electrons. The average Bonchev–Trinajstić information content (AvgIpc) is 2.38. The molecule has 2 rings (SSSR count). The molecule has 3 heteroatoms. The fraction of sp³-hybridized carbons (Fsp3) is 0.900. The summed E-state index contributed by atoms with van der Waals surface area (Å²) in [6.45, 7) is 0.538. The first-order valence-electron chi connectivity index (χ1n) is 5.26. The van der Waals surface area contributed by atoms with Crippen LogP contribution in [0.1, 0.15) is 38.5 Å². The van der Waals surface area contributed by atoms with Gasteiger partial charge in [-0.25, -0.2) is 0 Å². The third-order valence-corrected chi connectivity index (χ3v) is 3.52. The van der Waals surface area contributed by atoms with Gasteiger partial charge in [0.1, 0.15) is 0 Å². The van der Waals surface area contributed by atoms with Crippen LogP contribution in [-0.2, 0) is 4.79 Å². The maximum absolute atomic E-state index is 11.4. The van der Waals surface area contributed by atoms with E-state index in [0.717, 1.165) is 12.8 Å². The fourth-order valence-corrected chi connectivity index (χ4v) is 2.54. The topological polar surface area (TPSA) is 32.3 Å². The minimum Gasteiger partial charge on any atom is -0.326 e. The Balaban J connectivity index is 2.13. The van der Waals surface area contributed by atoms with Crippen molar-refractivity contribution in [1.29, 1.82) is 0 Å². The number of carbonyl (C=O) groups is 1. The second-order valence-corrected chi connectivity index (χ2v) is 4.25. The Kier molecular flexibility index (Phi) is 2.28. The largest absolute Gasteiger partial charge is 0.326 e. The predicted octanol–water partition coefficient (Wildman–Crippen LogP) is 1.10. The van der Waals surface area contributed by atoms with Gasteiger partial charge in [-0.3, -0.25) is 10.1 Å². The van der Waals surface area contributed by atoms with Gasteiger partial charge in [0.25, 0.3) is 0 Å². The second kappa shape index (κ2) is 3.29. The molecule has 0 aromatic carbocycles. The summed E-state index contributed by atoms with van der Waals surface area (Å²) in [6, 6.07) is 0. The third-order valence-electron chi connectivity index (χ3n) is 3.52. The number of rotatable bonds is 0. The van der Waals surface area contributed by atoms with Crippen LogP contribution < -0.4 is 5.32 Å². The highest BCUT2D eigenvalue weighted by Gasteiger charge is 2.42. The first-order valence-corrected chi connectivity index (χ1v) is 5.26. The summed E-state index contributed by atoms with van der Waals surface area (Å²) < 4.78 is 0. The van der Waals surface area contributed by atoms with E-state index in [4.69, 9.17) is 0 Å². The van der Waals surface area contributed by atoms with Crippen molar-refractivity contribution in [2.24, 2.45) is 0 Å². The molecule has 1 aliphatic heterocycles. The molecule has 2 aliphatic rings. The summed E-state index contributed by atoms with van der Waals surface area (Å²) in [5, 5.41) is 3.39. The molecule has 1 saturated heterocycles. The molecule has 0 bridgehead atoms. The highest BCUT2D eigenvalue weighted by atomic mass is 16.2. The second-order valence-electron chi connectivity index (χ2n) is 4.25. The molecule has 3 nitrogen and oxygen atoms in total. The molecule has 1 saturated carbocycles. The van der Waals surface area contributed by atoms with Crippen molar-refractivity contribution < 1.29 is 4.79 Å². The van der Waals surface area contributed by atoms with E-state index in [9.17, 15) is 4.79 Å². The van der Waals surface area contributed by atoms with Crippen molar-refractivity contribution in [3.63, 3.8) is 0 Å². The molecule has 0 aromatic heterocycles. The Labute approximate surface area is 79.5 Å². The van der Waals surface area contributed by atoms with Gasteiger partial charge >= 0.3 is 0 Å². The average molecular weight is 182 g/mol. The van der Waals surface area contributed by atoms with Crippen molar-refractivity contribution >= 4 is 5.91 Å². The van der Waals surface area contributed by atoms with Gasteiger partial charge in [0.2, 0.25) is 5.91 Å². The number of nitrogens with zero attached hydrogens (tertiary/aromatic N) is 1. The lowest BCUT2D eigenvalue weighted by molar-refractivity contribution is -0.129. The quantitative estimate of drug-likeness (QED) is 0.608. The summed E-state index contributed by atoms with van der Waals surface area (Å²) in [7, 11) is 1.94. The van der Waals surface area contributed by atoms with Crippen LogP contribution in [0, 0.1) is 0 Å². The zero-order chi connectivity index (χ0) is 9.31. The Bertz CT molecular complexity index is 207. The summed E-state index contributed by atoms with van der Waals surface area (Å²) in [6.07, 6.45) is 7.43. The summed E-state index contributed by atoms with van der Waals surface area (Å²) in [4.78, 5) is 13.4. The lowest BCUT2D eigenvalue weighted by atomic mass is 10.0. The van der Waals surface area contributed by atoms with Crippen LogP contribution in [0.4, 0.5) is 0 Å². The van der Waals surface area contributed by atoms with Crippen LogP contribution in [0.25, 0.3) is 0 Å². The minimum absolute atomic E-state index is 0.0214. The highest BCUT2D eigenvalue weighted by Crippen LogP contribution is 2.31. The van der Waals surface area contributed by atoms with E-state index in [0.29, 0.717) is 6.54 Å². The van der Waals surface area contributed by atoms with Gasteiger partial charge in [-0.1, -0.05) is 12.8 Å². The third kappa shape index (κ3) is 1.46. The monoisotopic (exact) mass is 182 g/mol. The van der Waals surface area contributed by atoms with Crippen LogP contribution in [0.5, 0.6) is 0 Å². The summed E-state index contributed by atoms with van der Waals surface area (Å²) in [5.41, 5.74) is 0.0214. The van der Waals surface area contributed by atoms with E-state index >= 15 is 0 Å². The van der Waals surface area contributed by atoms with E-state index in [-0.39, 0.29) is 11.6 Å². The zero-order valence-electron chi connectivity index (χ0n) is 8.31. The van der Waals surface area contributed by atoms with Crippen molar-refractivity contribution in [1.82, 2.24) is 10.2 Å². The maximum Gasteiger partial charge on any atom is 0.237 e. The van der Waals surface area contributed by atoms with E-state index in [1.165, 1.54) is 25.7 Å². The molecule has 13 heavy (non-hydrogen) atoms. The molecule has 0 unspecified atom stereocenters. The maximum atomic E-state index is 11.4. The summed E-state index contributed by atoms with van der Waals surface area (Å²) in [5.74, 6) is 0.252. The lowest BCUT2D eigenvalue weighted by Gasteiger charge is -2.35. The molecule has 1 N–H and O–H groups in total. The molecule has 1 aliphatic carbocycles.